The maximum absolute atomic E-state index is 3.45. The molecule has 0 unspecified atom stereocenters. The molecule has 2 nitrogen and oxygen atoms in total. The summed E-state index contributed by atoms with van der Waals surface area (Å²) in [6.07, 6.45) is 1.14. The smallest absolute Gasteiger partial charge is 0.0602 e. The van der Waals surface area contributed by atoms with E-state index in [2.05, 4.69) is 52.0 Å². The van der Waals surface area contributed by atoms with Crippen LogP contribution in [0.25, 0.3) is 0 Å². The number of nitrogens with zero attached hydrogens (tertiary/aromatic N) is 1. The fourth-order valence-electron chi connectivity index (χ4n) is 2.28. The lowest BCUT2D eigenvalue weighted by atomic mass is 10.2. The first-order valence-electron chi connectivity index (χ1n) is 6.04. The molecule has 1 aromatic carbocycles. The minimum atomic E-state index is 1.04. The lowest BCUT2D eigenvalue weighted by Crippen LogP contribution is -2.35. The third-order valence-electron chi connectivity index (χ3n) is 3.15. The summed E-state index contributed by atoms with van der Waals surface area (Å²) in [4.78, 5) is 3.95. The highest BCUT2D eigenvalue weighted by Crippen LogP contribution is 2.28. The first-order valence-corrected chi connectivity index (χ1v) is 6.92. The Labute approximate surface area is 106 Å². The molecule has 0 fully saturated rings. The van der Waals surface area contributed by atoms with E-state index in [0.29, 0.717) is 0 Å². The van der Waals surface area contributed by atoms with Gasteiger partial charge in [0.1, 0.15) is 0 Å². The Balaban J connectivity index is 1.72. The predicted molar refractivity (Wildman–Crippen MR) is 75.2 cm³/mol. The zero-order valence-electron chi connectivity index (χ0n) is 9.73. The highest BCUT2D eigenvalue weighted by molar-refractivity contribution is 7.09. The zero-order chi connectivity index (χ0) is 11.5. The molecule has 0 aliphatic carbocycles. The van der Waals surface area contributed by atoms with Crippen LogP contribution in [0.2, 0.25) is 0 Å². The maximum atomic E-state index is 3.45. The molecular weight excluding hydrogens is 228 g/mol. The molecular formula is C14H16N2S. The first kappa shape index (κ1) is 10.7. The summed E-state index contributed by atoms with van der Waals surface area (Å²) in [6.45, 7) is 3.25. The Morgan fingerprint density at radius 2 is 2.12 bits per heavy atom. The van der Waals surface area contributed by atoms with Gasteiger partial charge in [-0.2, -0.15) is 0 Å². The molecule has 1 aromatic heterocycles. The number of fused-ring (bicyclic) bond motifs is 1. The fraction of sp³-hybridized carbons (Fsp3) is 0.286. The van der Waals surface area contributed by atoms with Gasteiger partial charge < -0.3 is 10.2 Å². The van der Waals surface area contributed by atoms with E-state index >= 15 is 0 Å². The van der Waals surface area contributed by atoms with E-state index in [-0.39, 0.29) is 0 Å². The van der Waals surface area contributed by atoms with Gasteiger partial charge in [-0.3, -0.25) is 0 Å². The van der Waals surface area contributed by atoms with E-state index in [1.807, 2.05) is 11.3 Å². The Morgan fingerprint density at radius 3 is 3.00 bits per heavy atom. The van der Waals surface area contributed by atoms with E-state index < -0.39 is 0 Å². The fourth-order valence-corrected chi connectivity index (χ4v) is 2.98. The average molecular weight is 244 g/mol. The van der Waals surface area contributed by atoms with Gasteiger partial charge in [-0.1, -0.05) is 18.2 Å². The standard InChI is InChI=1S/C14H16N2S/c1-2-6-14-13(5-1)15-8-10-16(14)9-7-12-4-3-11-17-12/h1-6,11,15H,7-10H2. The first-order chi connectivity index (χ1) is 8.43. The molecule has 2 aromatic rings. The van der Waals surface area contributed by atoms with Crippen molar-refractivity contribution in [2.24, 2.45) is 0 Å². The van der Waals surface area contributed by atoms with Crippen molar-refractivity contribution in [3.63, 3.8) is 0 Å². The Bertz CT molecular complexity index is 479. The van der Waals surface area contributed by atoms with Crippen LogP contribution in [0.1, 0.15) is 4.88 Å². The van der Waals surface area contributed by atoms with Crippen molar-refractivity contribution in [2.75, 3.05) is 29.9 Å². The van der Waals surface area contributed by atoms with Crippen LogP contribution in [0.3, 0.4) is 0 Å². The summed E-state index contributed by atoms with van der Waals surface area (Å²) in [5.74, 6) is 0. The van der Waals surface area contributed by atoms with Crippen molar-refractivity contribution in [3.05, 3.63) is 46.7 Å². The Morgan fingerprint density at radius 1 is 1.18 bits per heavy atom. The molecule has 0 atom stereocenters. The minimum absolute atomic E-state index is 1.04. The van der Waals surface area contributed by atoms with E-state index in [1.165, 1.54) is 16.3 Å². The highest BCUT2D eigenvalue weighted by Gasteiger charge is 2.15. The van der Waals surface area contributed by atoms with Crippen molar-refractivity contribution >= 4 is 22.7 Å². The van der Waals surface area contributed by atoms with Crippen LogP contribution in [0.4, 0.5) is 11.4 Å². The van der Waals surface area contributed by atoms with E-state index in [4.69, 9.17) is 0 Å². The number of hydrogen-bond acceptors (Lipinski definition) is 3. The number of anilines is 2. The van der Waals surface area contributed by atoms with E-state index in [0.717, 1.165) is 26.1 Å². The van der Waals surface area contributed by atoms with E-state index in [9.17, 15) is 0 Å². The molecule has 0 amide bonds. The van der Waals surface area contributed by atoms with Crippen molar-refractivity contribution < 1.29 is 0 Å². The molecule has 88 valence electrons. The SMILES string of the molecule is c1csc(CCN2CCNc3ccccc32)c1. The van der Waals surface area contributed by atoms with Gasteiger partial charge in [-0.05, 0) is 30.0 Å². The Hall–Kier alpha value is -1.48. The third kappa shape index (κ3) is 2.29. The normalized spacial score (nSPS) is 14.2. The van der Waals surface area contributed by atoms with Gasteiger partial charge in [0.05, 0.1) is 11.4 Å². The van der Waals surface area contributed by atoms with Crippen LogP contribution in [0.5, 0.6) is 0 Å². The molecule has 3 heteroatoms. The van der Waals surface area contributed by atoms with Crippen LogP contribution in [-0.2, 0) is 6.42 Å². The van der Waals surface area contributed by atoms with Crippen LogP contribution in [0, 0.1) is 0 Å². The number of thiophene rings is 1. The molecule has 1 aliphatic heterocycles. The maximum Gasteiger partial charge on any atom is 0.0602 e. The van der Waals surface area contributed by atoms with Gasteiger partial charge >= 0.3 is 0 Å². The zero-order valence-corrected chi connectivity index (χ0v) is 10.5. The topological polar surface area (TPSA) is 15.3 Å². The third-order valence-corrected chi connectivity index (χ3v) is 4.09. The molecule has 1 N–H and O–H groups in total. The molecule has 0 saturated carbocycles. The molecule has 0 bridgehead atoms. The molecule has 0 saturated heterocycles. The number of hydrogen-bond donors (Lipinski definition) is 1. The number of rotatable bonds is 3. The van der Waals surface area contributed by atoms with Gasteiger partial charge in [-0.25, -0.2) is 0 Å². The predicted octanol–water partition coefficient (Wildman–Crippen LogP) is 3.22. The molecule has 2 heterocycles. The van der Waals surface area contributed by atoms with Crippen LogP contribution < -0.4 is 10.2 Å². The van der Waals surface area contributed by atoms with Crippen molar-refractivity contribution in [1.82, 2.24) is 0 Å². The Kier molecular flexibility index (Phi) is 3.01. The molecule has 1 aliphatic rings. The van der Waals surface area contributed by atoms with Gasteiger partial charge in [-0.15, -0.1) is 11.3 Å². The van der Waals surface area contributed by atoms with Crippen LogP contribution in [0.15, 0.2) is 41.8 Å². The number of nitrogens with one attached hydrogen (secondary N) is 1. The average Bonchev–Trinajstić information content (AvgIpc) is 2.89. The summed E-state index contributed by atoms with van der Waals surface area (Å²) in [5, 5.41) is 5.60. The molecule has 17 heavy (non-hydrogen) atoms. The summed E-state index contributed by atoms with van der Waals surface area (Å²) in [5.41, 5.74) is 2.61. The summed E-state index contributed by atoms with van der Waals surface area (Å²) < 4.78 is 0. The summed E-state index contributed by atoms with van der Waals surface area (Å²) in [7, 11) is 0. The second kappa shape index (κ2) is 4.80. The van der Waals surface area contributed by atoms with E-state index in [1.54, 1.807) is 0 Å². The highest BCUT2D eigenvalue weighted by atomic mass is 32.1. The number of benzene rings is 1. The lowest BCUT2D eigenvalue weighted by Gasteiger charge is -2.31. The molecule has 3 rings (SSSR count). The van der Waals surface area contributed by atoms with Gasteiger partial charge in [0.25, 0.3) is 0 Å². The van der Waals surface area contributed by atoms with Gasteiger partial charge in [0.2, 0.25) is 0 Å². The second-order valence-electron chi connectivity index (χ2n) is 4.26. The minimum Gasteiger partial charge on any atom is -0.382 e. The lowest BCUT2D eigenvalue weighted by molar-refractivity contribution is 0.777. The van der Waals surface area contributed by atoms with Crippen molar-refractivity contribution in [1.29, 1.82) is 0 Å². The largest absolute Gasteiger partial charge is 0.382 e. The molecule has 0 spiro atoms. The van der Waals surface area contributed by atoms with Crippen LogP contribution >= 0.6 is 11.3 Å². The monoisotopic (exact) mass is 244 g/mol. The van der Waals surface area contributed by atoms with Crippen molar-refractivity contribution in [3.8, 4) is 0 Å². The van der Waals surface area contributed by atoms with Crippen molar-refractivity contribution in [2.45, 2.75) is 6.42 Å². The number of para-hydroxylation sites is 2. The van der Waals surface area contributed by atoms with Crippen LogP contribution in [-0.4, -0.2) is 19.6 Å². The quantitative estimate of drug-likeness (QED) is 0.892. The second-order valence-corrected chi connectivity index (χ2v) is 5.29. The van der Waals surface area contributed by atoms with Gasteiger partial charge in [0.15, 0.2) is 0 Å². The summed E-state index contributed by atoms with van der Waals surface area (Å²) in [6, 6.07) is 12.9. The van der Waals surface area contributed by atoms with Gasteiger partial charge in [0, 0.05) is 24.5 Å². The molecule has 0 radical (unpaired) electrons. The summed E-state index contributed by atoms with van der Waals surface area (Å²) >= 11 is 1.85.